The third-order valence-electron chi connectivity index (χ3n) is 4.49. The third-order valence-corrected chi connectivity index (χ3v) is 4.49. The highest BCUT2D eigenvalue weighted by molar-refractivity contribution is 5.94. The number of morpholine rings is 1. The van der Waals surface area contributed by atoms with Crippen molar-refractivity contribution in [2.75, 3.05) is 31.2 Å². The van der Waals surface area contributed by atoms with Gasteiger partial charge in [-0.15, -0.1) is 0 Å². The first-order valence-electron chi connectivity index (χ1n) is 8.24. The minimum Gasteiger partial charge on any atom is -0.378 e. The Labute approximate surface area is 148 Å². The van der Waals surface area contributed by atoms with Gasteiger partial charge in [-0.3, -0.25) is 14.9 Å². The molecule has 2 heterocycles. The monoisotopic (exact) mass is 352 g/mol. The second kappa shape index (κ2) is 6.57. The number of aromatic amines is 1. The predicted octanol–water partition coefficient (Wildman–Crippen LogP) is 2.33. The number of nitro groups is 1. The van der Waals surface area contributed by atoms with Crippen molar-refractivity contribution in [1.29, 1.82) is 0 Å². The van der Waals surface area contributed by atoms with Crippen LogP contribution in [0.25, 0.3) is 22.0 Å². The van der Waals surface area contributed by atoms with E-state index >= 15 is 0 Å². The van der Waals surface area contributed by atoms with Gasteiger partial charge in [0.15, 0.2) is 0 Å². The fourth-order valence-electron chi connectivity index (χ4n) is 3.22. The standard InChI is InChI=1S/C18H16N4O4/c23-18-14-4-2-1-3-13(14)17(19-20-18)12-5-6-15(16(11-12)22(24)25)21-7-9-26-10-8-21/h1-6,11H,7-10H2,(H,20,23). The van der Waals surface area contributed by atoms with Gasteiger partial charge in [0.05, 0.1) is 29.2 Å². The molecule has 4 rings (SSSR count). The summed E-state index contributed by atoms with van der Waals surface area (Å²) in [7, 11) is 0. The van der Waals surface area contributed by atoms with E-state index in [0.717, 1.165) is 0 Å². The molecule has 1 N–H and O–H groups in total. The number of nitro benzene ring substituents is 1. The van der Waals surface area contributed by atoms with Gasteiger partial charge >= 0.3 is 0 Å². The van der Waals surface area contributed by atoms with Gasteiger partial charge in [0.25, 0.3) is 11.2 Å². The van der Waals surface area contributed by atoms with Gasteiger partial charge in [-0.05, 0) is 12.1 Å². The highest BCUT2D eigenvalue weighted by atomic mass is 16.6. The molecule has 0 unspecified atom stereocenters. The summed E-state index contributed by atoms with van der Waals surface area (Å²) in [4.78, 5) is 25.1. The molecule has 1 fully saturated rings. The van der Waals surface area contributed by atoms with Gasteiger partial charge < -0.3 is 9.64 Å². The number of anilines is 1. The van der Waals surface area contributed by atoms with E-state index in [-0.39, 0.29) is 16.2 Å². The quantitative estimate of drug-likeness (QED) is 0.573. The lowest BCUT2D eigenvalue weighted by Gasteiger charge is -2.28. The molecular formula is C18H16N4O4. The van der Waals surface area contributed by atoms with Crippen molar-refractivity contribution in [1.82, 2.24) is 10.2 Å². The first kappa shape index (κ1) is 16.2. The summed E-state index contributed by atoms with van der Waals surface area (Å²) < 4.78 is 5.32. The zero-order valence-corrected chi connectivity index (χ0v) is 13.8. The number of ether oxygens (including phenoxy) is 1. The maximum absolute atomic E-state index is 12.0. The molecule has 1 saturated heterocycles. The van der Waals surface area contributed by atoms with E-state index in [4.69, 9.17) is 4.74 Å². The number of fused-ring (bicyclic) bond motifs is 1. The molecule has 0 atom stereocenters. The Hall–Kier alpha value is -3.26. The highest BCUT2D eigenvalue weighted by Gasteiger charge is 2.23. The zero-order valence-electron chi connectivity index (χ0n) is 13.8. The van der Waals surface area contributed by atoms with E-state index in [9.17, 15) is 14.9 Å². The smallest absolute Gasteiger partial charge is 0.293 e. The van der Waals surface area contributed by atoms with Crippen molar-refractivity contribution >= 4 is 22.1 Å². The molecular weight excluding hydrogens is 336 g/mol. The summed E-state index contributed by atoms with van der Waals surface area (Å²) in [6, 6.07) is 12.1. The Bertz CT molecular complexity index is 1040. The van der Waals surface area contributed by atoms with E-state index < -0.39 is 0 Å². The number of benzene rings is 2. The Kier molecular flexibility index (Phi) is 4.10. The predicted molar refractivity (Wildman–Crippen MR) is 97.5 cm³/mol. The second-order valence-corrected chi connectivity index (χ2v) is 6.01. The van der Waals surface area contributed by atoms with Crippen LogP contribution < -0.4 is 10.5 Å². The highest BCUT2D eigenvalue weighted by Crippen LogP contribution is 2.34. The van der Waals surface area contributed by atoms with Crippen LogP contribution in [0.15, 0.2) is 47.3 Å². The van der Waals surface area contributed by atoms with Crippen LogP contribution in [0.3, 0.4) is 0 Å². The number of hydrogen-bond acceptors (Lipinski definition) is 6. The number of aromatic nitrogens is 2. The van der Waals surface area contributed by atoms with Gasteiger partial charge in [-0.2, -0.15) is 5.10 Å². The van der Waals surface area contributed by atoms with E-state index in [1.54, 1.807) is 30.3 Å². The van der Waals surface area contributed by atoms with Gasteiger partial charge in [0.1, 0.15) is 5.69 Å². The molecule has 8 heteroatoms. The Balaban J connectivity index is 1.86. The molecule has 0 radical (unpaired) electrons. The van der Waals surface area contributed by atoms with Gasteiger partial charge in [0, 0.05) is 30.1 Å². The molecule has 26 heavy (non-hydrogen) atoms. The summed E-state index contributed by atoms with van der Waals surface area (Å²) in [6.07, 6.45) is 0. The molecule has 2 aromatic carbocycles. The van der Waals surface area contributed by atoms with Crippen LogP contribution in [0.4, 0.5) is 11.4 Å². The summed E-state index contributed by atoms with van der Waals surface area (Å²) in [5.41, 5.74) is 1.39. The maximum Gasteiger partial charge on any atom is 0.293 e. The molecule has 0 saturated carbocycles. The van der Waals surface area contributed by atoms with Crippen molar-refractivity contribution in [2.45, 2.75) is 0 Å². The van der Waals surface area contributed by atoms with E-state index in [1.165, 1.54) is 6.07 Å². The molecule has 8 nitrogen and oxygen atoms in total. The van der Waals surface area contributed by atoms with Crippen molar-refractivity contribution in [3.05, 3.63) is 62.9 Å². The zero-order chi connectivity index (χ0) is 18.1. The van der Waals surface area contributed by atoms with E-state index in [1.807, 2.05) is 11.0 Å². The molecule has 132 valence electrons. The Morgan fingerprint density at radius 3 is 2.58 bits per heavy atom. The van der Waals surface area contributed by atoms with Crippen molar-refractivity contribution in [3.8, 4) is 11.3 Å². The van der Waals surface area contributed by atoms with Crippen LogP contribution in [0.2, 0.25) is 0 Å². The first-order valence-corrected chi connectivity index (χ1v) is 8.24. The lowest BCUT2D eigenvalue weighted by molar-refractivity contribution is -0.384. The first-order chi connectivity index (χ1) is 12.6. The molecule has 0 aliphatic carbocycles. The molecule has 1 aliphatic heterocycles. The molecule has 0 bridgehead atoms. The van der Waals surface area contributed by atoms with Crippen molar-refractivity contribution in [3.63, 3.8) is 0 Å². The van der Waals surface area contributed by atoms with Crippen LogP contribution in [-0.2, 0) is 4.74 Å². The van der Waals surface area contributed by atoms with Crippen LogP contribution >= 0.6 is 0 Å². The molecule has 0 amide bonds. The summed E-state index contributed by atoms with van der Waals surface area (Å²) in [5.74, 6) is 0. The van der Waals surface area contributed by atoms with Crippen molar-refractivity contribution < 1.29 is 9.66 Å². The molecule has 0 spiro atoms. The third kappa shape index (κ3) is 2.80. The topological polar surface area (TPSA) is 101 Å². The Morgan fingerprint density at radius 2 is 1.85 bits per heavy atom. The van der Waals surface area contributed by atoms with Gasteiger partial charge in [-0.1, -0.05) is 24.3 Å². The fourth-order valence-corrected chi connectivity index (χ4v) is 3.22. The van der Waals surface area contributed by atoms with E-state index in [2.05, 4.69) is 10.2 Å². The summed E-state index contributed by atoms with van der Waals surface area (Å²) >= 11 is 0. The number of hydrogen-bond donors (Lipinski definition) is 1. The van der Waals surface area contributed by atoms with Gasteiger partial charge in [-0.25, -0.2) is 5.10 Å². The van der Waals surface area contributed by atoms with Gasteiger partial charge in [0.2, 0.25) is 0 Å². The lowest BCUT2D eigenvalue weighted by Crippen LogP contribution is -2.36. The minimum atomic E-state index is -0.387. The van der Waals surface area contributed by atoms with Crippen molar-refractivity contribution in [2.24, 2.45) is 0 Å². The van der Waals surface area contributed by atoms with Crippen LogP contribution in [0.1, 0.15) is 0 Å². The minimum absolute atomic E-state index is 0.0153. The lowest BCUT2D eigenvalue weighted by atomic mass is 10.0. The fraction of sp³-hybridized carbons (Fsp3) is 0.222. The van der Waals surface area contributed by atoms with Crippen LogP contribution in [0, 0.1) is 10.1 Å². The second-order valence-electron chi connectivity index (χ2n) is 6.01. The van der Waals surface area contributed by atoms with E-state index in [0.29, 0.717) is 54.0 Å². The number of nitrogens with zero attached hydrogens (tertiary/aromatic N) is 3. The summed E-state index contributed by atoms with van der Waals surface area (Å²) in [6.45, 7) is 2.32. The average molecular weight is 352 g/mol. The number of rotatable bonds is 3. The maximum atomic E-state index is 12.0. The summed E-state index contributed by atoms with van der Waals surface area (Å²) in [5, 5.41) is 19.4. The largest absolute Gasteiger partial charge is 0.378 e. The molecule has 3 aromatic rings. The van der Waals surface area contributed by atoms with Crippen LogP contribution in [-0.4, -0.2) is 41.4 Å². The average Bonchev–Trinajstić information content (AvgIpc) is 2.69. The number of H-pyrrole nitrogens is 1. The SMILES string of the molecule is O=c1[nH]nc(-c2ccc(N3CCOCC3)c([N+](=O)[O-])c2)c2ccccc12. The normalized spacial score (nSPS) is 14.5. The Morgan fingerprint density at radius 1 is 1.12 bits per heavy atom. The van der Waals surface area contributed by atoms with Crippen LogP contribution in [0.5, 0.6) is 0 Å². The molecule has 1 aliphatic rings. The molecule has 1 aromatic heterocycles. The number of nitrogens with one attached hydrogen (secondary N) is 1.